The Morgan fingerprint density at radius 2 is 1.83 bits per heavy atom. The van der Waals surface area contributed by atoms with Gasteiger partial charge in [0.05, 0.1) is 18.7 Å². The van der Waals surface area contributed by atoms with Crippen LogP contribution in [-0.2, 0) is 11.3 Å². The maximum atomic E-state index is 13.3. The molecule has 0 saturated carbocycles. The number of carboxylic acids is 1. The standard InChI is InChI=1S/C26H30N4O6/c1-3-35-23-10-17-13-30(25(27)20(17)12-21(23)26(34)28-2)14-22(31)16-8-18(29-6-4-5-7-29)11-19(9-16)36-15-24(32)33/h8-12,27H,3-7,13-15H2,1-2H3,(H,28,34)(H,32,33). The van der Waals surface area contributed by atoms with Gasteiger partial charge in [0.2, 0.25) is 0 Å². The molecule has 0 spiro atoms. The van der Waals surface area contributed by atoms with Crippen LogP contribution in [0.5, 0.6) is 11.5 Å². The topological polar surface area (TPSA) is 132 Å². The molecule has 190 valence electrons. The molecular weight excluding hydrogens is 464 g/mol. The largest absolute Gasteiger partial charge is 0.493 e. The van der Waals surface area contributed by atoms with Crippen molar-refractivity contribution >= 4 is 29.2 Å². The normalized spacial score (nSPS) is 14.6. The molecular formula is C26H30N4O6. The molecule has 2 aliphatic heterocycles. The quantitative estimate of drug-likeness (QED) is 0.429. The van der Waals surface area contributed by atoms with Crippen molar-refractivity contribution in [2.24, 2.45) is 0 Å². The zero-order valence-electron chi connectivity index (χ0n) is 20.4. The van der Waals surface area contributed by atoms with Crippen molar-refractivity contribution in [2.45, 2.75) is 26.3 Å². The van der Waals surface area contributed by atoms with Crippen molar-refractivity contribution in [3.63, 3.8) is 0 Å². The number of Topliss-reactive ketones (excluding diaryl/α,β-unsaturated/α-hetero) is 1. The molecule has 0 unspecified atom stereocenters. The molecule has 4 rings (SSSR count). The van der Waals surface area contributed by atoms with Gasteiger partial charge in [0.25, 0.3) is 5.91 Å². The van der Waals surface area contributed by atoms with E-state index < -0.39 is 12.6 Å². The molecule has 36 heavy (non-hydrogen) atoms. The van der Waals surface area contributed by atoms with Gasteiger partial charge in [0.1, 0.15) is 17.3 Å². The summed E-state index contributed by atoms with van der Waals surface area (Å²) >= 11 is 0. The average Bonchev–Trinajstić information content (AvgIpc) is 3.50. The number of hydrogen-bond acceptors (Lipinski definition) is 7. The summed E-state index contributed by atoms with van der Waals surface area (Å²) in [4.78, 5) is 40.5. The summed E-state index contributed by atoms with van der Waals surface area (Å²) in [7, 11) is 1.53. The highest BCUT2D eigenvalue weighted by atomic mass is 16.5. The zero-order chi connectivity index (χ0) is 25.8. The van der Waals surface area contributed by atoms with Gasteiger partial charge < -0.3 is 29.7 Å². The Hall–Kier alpha value is -4.08. The zero-order valence-corrected chi connectivity index (χ0v) is 20.4. The number of rotatable bonds is 10. The molecule has 1 amide bonds. The number of carboxylic acid groups (broad SMARTS) is 1. The first-order valence-corrected chi connectivity index (χ1v) is 11.9. The average molecular weight is 495 g/mol. The van der Waals surface area contributed by atoms with E-state index in [4.69, 9.17) is 20.0 Å². The Morgan fingerprint density at radius 3 is 2.50 bits per heavy atom. The number of nitrogens with zero attached hydrogens (tertiary/aromatic N) is 2. The summed E-state index contributed by atoms with van der Waals surface area (Å²) < 4.78 is 11.0. The third-order valence-electron chi connectivity index (χ3n) is 6.29. The van der Waals surface area contributed by atoms with Gasteiger partial charge in [0, 0.05) is 49.6 Å². The molecule has 1 fully saturated rings. The second kappa shape index (κ2) is 10.7. The number of amidine groups is 1. The predicted molar refractivity (Wildman–Crippen MR) is 134 cm³/mol. The Labute approximate surface area is 209 Å². The van der Waals surface area contributed by atoms with Crippen molar-refractivity contribution in [3.8, 4) is 11.5 Å². The number of ether oxygens (including phenoxy) is 2. The molecule has 0 bridgehead atoms. The Bertz CT molecular complexity index is 1210. The van der Waals surface area contributed by atoms with E-state index in [2.05, 4.69) is 10.2 Å². The van der Waals surface area contributed by atoms with E-state index in [9.17, 15) is 14.4 Å². The maximum Gasteiger partial charge on any atom is 0.341 e. The molecule has 2 aliphatic rings. The number of nitrogens with one attached hydrogen (secondary N) is 2. The van der Waals surface area contributed by atoms with Crippen LogP contribution < -0.4 is 19.7 Å². The van der Waals surface area contributed by atoms with Gasteiger partial charge in [-0.3, -0.25) is 15.0 Å². The summed E-state index contributed by atoms with van der Waals surface area (Å²) in [5, 5.41) is 20.2. The smallest absolute Gasteiger partial charge is 0.341 e. The fourth-order valence-electron chi connectivity index (χ4n) is 4.55. The lowest BCUT2D eigenvalue weighted by molar-refractivity contribution is -0.139. The van der Waals surface area contributed by atoms with Crippen molar-refractivity contribution in [1.29, 1.82) is 5.41 Å². The van der Waals surface area contributed by atoms with Gasteiger partial charge in [-0.25, -0.2) is 4.79 Å². The van der Waals surface area contributed by atoms with E-state index in [1.54, 1.807) is 35.2 Å². The third kappa shape index (κ3) is 5.27. The summed E-state index contributed by atoms with van der Waals surface area (Å²) in [5.41, 5.74) is 2.94. The van der Waals surface area contributed by atoms with Crippen LogP contribution in [0, 0.1) is 5.41 Å². The molecule has 0 aliphatic carbocycles. The second-order valence-electron chi connectivity index (χ2n) is 8.74. The van der Waals surface area contributed by atoms with Crippen LogP contribution in [0.2, 0.25) is 0 Å². The Morgan fingerprint density at radius 1 is 1.08 bits per heavy atom. The van der Waals surface area contributed by atoms with Gasteiger partial charge >= 0.3 is 5.97 Å². The van der Waals surface area contributed by atoms with Crippen molar-refractivity contribution in [2.75, 3.05) is 44.8 Å². The first-order valence-electron chi connectivity index (χ1n) is 11.9. The lowest BCUT2D eigenvalue weighted by Crippen LogP contribution is -2.30. The molecule has 2 aromatic rings. The highest BCUT2D eigenvalue weighted by Gasteiger charge is 2.29. The van der Waals surface area contributed by atoms with Crippen LogP contribution in [-0.4, -0.2) is 73.4 Å². The summed E-state index contributed by atoms with van der Waals surface area (Å²) in [6.45, 7) is 3.73. The van der Waals surface area contributed by atoms with Gasteiger partial charge in [0.15, 0.2) is 12.4 Å². The Kier molecular flexibility index (Phi) is 7.42. The van der Waals surface area contributed by atoms with Gasteiger partial charge in [-0.15, -0.1) is 0 Å². The second-order valence-corrected chi connectivity index (χ2v) is 8.74. The van der Waals surface area contributed by atoms with Crippen LogP contribution >= 0.6 is 0 Å². The van der Waals surface area contributed by atoms with Crippen LogP contribution in [0.1, 0.15) is 51.6 Å². The minimum Gasteiger partial charge on any atom is -0.493 e. The lowest BCUT2D eigenvalue weighted by atomic mass is 10.0. The highest BCUT2D eigenvalue weighted by molar-refractivity contribution is 6.07. The Balaban J connectivity index is 1.57. The fourth-order valence-corrected chi connectivity index (χ4v) is 4.55. The van der Waals surface area contributed by atoms with E-state index in [0.29, 0.717) is 41.3 Å². The van der Waals surface area contributed by atoms with E-state index in [0.717, 1.165) is 37.2 Å². The molecule has 0 radical (unpaired) electrons. The summed E-state index contributed by atoms with van der Waals surface area (Å²) in [6, 6.07) is 8.50. The maximum absolute atomic E-state index is 13.3. The number of amides is 1. The molecule has 2 aromatic carbocycles. The van der Waals surface area contributed by atoms with Crippen LogP contribution in [0.4, 0.5) is 5.69 Å². The van der Waals surface area contributed by atoms with Gasteiger partial charge in [-0.2, -0.15) is 0 Å². The monoisotopic (exact) mass is 494 g/mol. The molecule has 10 heteroatoms. The van der Waals surface area contributed by atoms with Crippen LogP contribution in [0.3, 0.4) is 0 Å². The van der Waals surface area contributed by atoms with Crippen molar-refractivity contribution in [1.82, 2.24) is 10.2 Å². The molecule has 1 saturated heterocycles. The van der Waals surface area contributed by atoms with E-state index >= 15 is 0 Å². The number of fused-ring (bicyclic) bond motifs is 1. The first kappa shape index (κ1) is 25.0. The van der Waals surface area contributed by atoms with Crippen LogP contribution in [0.25, 0.3) is 0 Å². The van der Waals surface area contributed by atoms with E-state index in [1.165, 1.54) is 7.05 Å². The van der Waals surface area contributed by atoms with Crippen molar-refractivity contribution < 1.29 is 29.0 Å². The third-order valence-corrected chi connectivity index (χ3v) is 6.29. The molecule has 2 heterocycles. The lowest BCUT2D eigenvalue weighted by Gasteiger charge is -2.21. The van der Waals surface area contributed by atoms with E-state index in [-0.39, 0.29) is 24.1 Å². The number of anilines is 1. The number of hydrogen-bond donors (Lipinski definition) is 3. The SMILES string of the molecule is CCOc1cc2c(cc1C(=O)NC)C(=N)N(CC(=O)c1cc(OCC(=O)O)cc(N3CCCC3)c1)C2. The molecule has 0 atom stereocenters. The number of carbonyl (C=O) groups excluding carboxylic acids is 2. The van der Waals surface area contributed by atoms with Crippen LogP contribution in [0.15, 0.2) is 30.3 Å². The van der Waals surface area contributed by atoms with Crippen molar-refractivity contribution in [3.05, 3.63) is 52.6 Å². The summed E-state index contributed by atoms with van der Waals surface area (Å²) in [5.74, 6) is -0.706. The molecule has 0 aromatic heterocycles. The predicted octanol–water partition coefficient (Wildman–Crippen LogP) is 2.53. The number of aliphatic carboxylic acids is 1. The van der Waals surface area contributed by atoms with Gasteiger partial charge in [-0.1, -0.05) is 0 Å². The number of benzene rings is 2. The highest BCUT2D eigenvalue weighted by Crippen LogP contribution is 2.32. The molecule has 3 N–H and O–H groups in total. The number of carbonyl (C=O) groups is 3. The first-order chi connectivity index (χ1) is 17.3. The number of ketones is 1. The fraction of sp³-hybridized carbons (Fsp3) is 0.385. The van der Waals surface area contributed by atoms with Gasteiger partial charge in [-0.05, 0) is 49.6 Å². The molecule has 10 nitrogen and oxygen atoms in total. The minimum absolute atomic E-state index is 0.0470. The van der Waals surface area contributed by atoms with E-state index in [1.807, 2.05) is 6.92 Å². The summed E-state index contributed by atoms with van der Waals surface area (Å²) in [6.07, 6.45) is 2.10. The minimum atomic E-state index is -1.10.